The van der Waals surface area contributed by atoms with E-state index in [1.54, 1.807) is 19.1 Å². The first-order valence-electron chi connectivity index (χ1n) is 9.98. The van der Waals surface area contributed by atoms with Crippen LogP contribution in [-0.2, 0) is 9.59 Å². The van der Waals surface area contributed by atoms with Crippen LogP contribution in [0.5, 0.6) is 0 Å². The molecule has 33 heavy (non-hydrogen) atoms. The SMILES string of the molecule is Cc1cc2c(c(C(F)F)n1)-c1cccnc1[C@@H](C)C(=O)N2CC(=O)Nc1ccc(Cl)c(F)c1. The largest absolute Gasteiger partial charge is 0.324 e. The maximum atomic E-state index is 14.0. The summed E-state index contributed by atoms with van der Waals surface area (Å²) in [4.78, 5) is 35.6. The number of pyridine rings is 2. The van der Waals surface area contributed by atoms with Gasteiger partial charge in [0.05, 0.1) is 22.3 Å². The molecule has 1 N–H and O–H groups in total. The fourth-order valence-corrected chi connectivity index (χ4v) is 3.97. The lowest BCUT2D eigenvalue weighted by molar-refractivity contribution is -0.122. The number of fused-ring (bicyclic) bond motifs is 3. The lowest BCUT2D eigenvalue weighted by Gasteiger charge is -2.25. The van der Waals surface area contributed by atoms with Gasteiger partial charge in [0.1, 0.15) is 18.1 Å². The molecular formula is C23H18ClF3N4O2. The lowest BCUT2D eigenvalue weighted by Crippen LogP contribution is -2.40. The first kappa shape index (κ1) is 22.7. The number of carbonyl (C=O) groups excluding carboxylic acids is 2. The maximum absolute atomic E-state index is 14.0. The number of nitrogens with zero attached hydrogens (tertiary/aromatic N) is 3. The van der Waals surface area contributed by atoms with Crippen molar-refractivity contribution in [2.45, 2.75) is 26.2 Å². The molecule has 6 nitrogen and oxygen atoms in total. The Morgan fingerprint density at radius 3 is 2.73 bits per heavy atom. The summed E-state index contributed by atoms with van der Waals surface area (Å²) in [6.45, 7) is 2.65. The van der Waals surface area contributed by atoms with Gasteiger partial charge < -0.3 is 10.2 Å². The van der Waals surface area contributed by atoms with E-state index in [0.717, 1.165) is 11.0 Å². The third-order valence-electron chi connectivity index (χ3n) is 5.31. The van der Waals surface area contributed by atoms with Crippen molar-refractivity contribution < 1.29 is 22.8 Å². The number of hydrogen-bond donors (Lipinski definition) is 1. The zero-order valence-electron chi connectivity index (χ0n) is 17.6. The minimum Gasteiger partial charge on any atom is -0.324 e. The summed E-state index contributed by atoms with van der Waals surface area (Å²) < 4.78 is 41.7. The number of aryl methyl sites for hydroxylation is 1. The highest BCUT2D eigenvalue weighted by molar-refractivity contribution is 6.30. The second-order valence-electron chi connectivity index (χ2n) is 7.60. The van der Waals surface area contributed by atoms with Crippen molar-refractivity contribution >= 4 is 34.8 Å². The zero-order valence-corrected chi connectivity index (χ0v) is 18.3. The van der Waals surface area contributed by atoms with E-state index in [0.29, 0.717) is 11.3 Å². The predicted molar refractivity (Wildman–Crippen MR) is 118 cm³/mol. The molecule has 0 unspecified atom stereocenters. The van der Waals surface area contributed by atoms with Crippen molar-refractivity contribution in [2.24, 2.45) is 0 Å². The van der Waals surface area contributed by atoms with Gasteiger partial charge in [-0.3, -0.25) is 19.6 Å². The van der Waals surface area contributed by atoms with Gasteiger partial charge in [0, 0.05) is 28.7 Å². The Bertz CT molecular complexity index is 1270. The van der Waals surface area contributed by atoms with E-state index in [2.05, 4.69) is 15.3 Å². The molecule has 1 aliphatic heterocycles. The van der Waals surface area contributed by atoms with E-state index in [-0.39, 0.29) is 27.7 Å². The van der Waals surface area contributed by atoms with Crippen LogP contribution in [0.15, 0.2) is 42.6 Å². The molecule has 4 rings (SSSR count). The summed E-state index contributed by atoms with van der Waals surface area (Å²) in [5.41, 5.74) is 0.785. The highest BCUT2D eigenvalue weighted by Gasteiger charge is 2.36. The Balaban J connectivity index is 1.80. The van der Waals surface area contributed by atoms with Gasteiger partial charge in [0.2, 0.25) is 11.8 Å². The Morgan fingerprint density at radius 2 is 2.03 bits per heavy atom. The highest BCUT2D eigenvalue weighted by Crippen LogP contribution is 2.44. The van der Waals surface area contributed by atoms with Crippen LogP contribution in [0.25, 0.3) is 11.1 Å². The standard InChI is InChI=1S/C23H18ClF3N4O2/c1-11-8-17-19(21(29-11)22(26)27)14-4-3-7-28-20(14)12(2)23(33)31(17)10-18(32)30-13-5-6-15(24)16(25)9-13/h3-9,12,22H,10H2,1-2H3,(H,30,32)/t12-/m1/s1. The molecule has 170 valence electrons. The van der Waals surface area contributed by atoms with Crippen LogP contribution < -0.4 is 10.2 Å². The van der Waals surface area contributed by atoms with Crippen LogP contribution in [0, 0.1) is 12.7 Å². The fourth-order valence-electron chi connectivity index (χ4n) is 3.85. The van der Waals surface area contributed by atoms with Crippen LogP contribution in [0.4, 0.5) is 24.5 Å². The van der Waals surface area contributed by atoms with Gasteiger partial charge in [-0.25, -0.2) is 13.2 Å². The molecule has 0 fully saturated rings. The van der Waals surface area contributed by atoms with E-state index in [4.69, 9.17) is 11.6 Å². The molecule has 3 aromatic rings. The lowest BCUT2D eigenvalue weighted by atomic mass is 9.96. The van der Waals surface area contributed by atoms with Gasteiger partial charge >= 0.3 is 0 Å². The zero-order chi connectivity index (χ0) is 23.9. The Morgan fingerprint density at radius 1 is 1.27 bits per heavy atom. The smallest absolute Gasteiger partial charge is 0.281 e. The molecular weight excluding hydrogens is 457 g/mol. The summed E-state index contributed by atoms with van der Waals surface area (Å²) in [6, 6.07) is 8.42. The molecule has 1 atom stereocenters. The molecule has 0 saturated heterocycles. The average Bonchev–Trinajstić information content (AvgIpc) is 2.85. The van der Waals surface area contributed by atoms with Gasteiger partial charge in [0.15, 0.2) is 0 Å². The Labute approximate surface area is 192 Å². The number of aromatic nitrogens is 2. The average molecular weight is 475 g/mol. The summed E-state index contributed by atoms with van der Waals surface area (Å²) in [7, 11) is 0. The van der Waals surface area contributed by atoms with Crippen molar-refractivity contribution in [1.29, 1.82) is 0 Å². The number of hydrogen-bond acceptors (Lipinski definition) is 4. The van der Waals surface area contributed by atoms with Gasteiger partial charge in [-0.05, 0) is 44.2 Å². The third kappa shape index (κ3) is 4.28. The van der Waals surface area contributed by atoms with Gasteiger partial charge in [-0.1, -0.05) is 17.7 Å². The van der Waals surface area contributed by atoms with Crippen LogP contribution in [0.1, 0.15) is 36.3 Å². The number of alkyl halides is 2. The Hall–Kier alpha value is -3.46. The first-order valence-corrected chi connectivity index (χ1v) is 10.4. The molecule has 0 aliphatic carbocycles. The number of benzene rings is 1. The topological polar surface area (TPSA) is 75.2 Å². The number of halogens is 4. The molecule has 1 aromatic carbocycles. The number of carbonyl (C=O) groups is 2. The van der Waals surface area contributed by atoms with Crippen molar-refractivity contribution in [2.75, 3.05) is 16.8 Å². The van der Waals surface area contributed by atoms with Crippen molar-refractivity contribution in [1.82, 2.24) is 9.97 Å². The van der Waals surface area contributed by atoms with Gasteiger partial charge in [-0.2, -0.15) is 0 Å². The van der Waals surface area contributed by atoms with Crippen LogP contribution >= 0.6 is 11.6 Å². The highest BCUT2D eigenvalue weighted by atomic mass is 35.5. The monoisotopic (exact) mass is 474 g/mol. The molecule has 0 saturated carbocycles. The van der Waals surface area contributed by atoms with E-state index < -0.39 is 42.2 Å². The van der Waals surface area contributed by atoms with E-state index in [1.165, 1.54) is 31.3 Å². The molecule has 10 heteroatoms. The summed E-state index contributed by atoms with van der Waals surface area (Å²) in [5.74, 6) is -2.66. The number of amides is 2. The van der Waals surface area contributed by atoms with Crippen molar-refractivity contribution in [3.63, 3.8) is 0 Å². The molecule has 3 heterocycles. The molecule has 2 amide bonds. The molecule has 2 aromatic heterocycles. The summed E-state index contributed by atoms with van der Waals surface area (Å²) in [6.07, 6.45) is -1.44. The number of rotatable bonds is 4. The van der Waals surface area contributed by atoms with Crippen molar-refractivity contribution in [3.8, 4) is 11.1 Å². The Kier molecular flexibility index (Phi) is 6.07. The summed E-state index contributed by atoms with van der Waals surface area (Å²) in [5, 5.41) is 2.40. The predicted octanol–water partition coefficient (Wildman–Crippen LogP) is 5.27. The van der Waals surface area contributed by atoms with Gasteiger partial charge in [0.25, 0.3) is 6.43 Å². The minimum atomic E-state index is -2.91. The second kappa shape index (κ2) is 8.82. The van der Waals surface area contributed by atoms with Crippen LogP contribution in [-0.4, -0.2) is 28.3 Å². The fraction of sp³-hybridized carbons (Fsp3) is 0.217. The third-order valence-corrected chi connectivity index (χ3v) is 5.62. The number of nitrogens with one attached hydrogen (secondary N) is 1. The maximum Gasteiger partial charge on any atom is 0.281 e. The molecule has 0 bridgehead atoms. The second-order valence-corrected chi connectivity index (χ2v) is 8.01. The van der Waals surface area contributed by atoms with Crippen LogP contribution in [0.3, 0.4) is 0 Å². The number of anilines is 2. The molecule has 0 spiro atoms. The van der Waals surface area contributed by atoms with E-state index in [9.17, 15) is 22.8 Å². The minimum absolute atomic E-state index is 0.0572. The molecule has 1 aliphatic rings. The van der Waals surface area contributed by atoms with Gasteiger partial charge in [-0.15, -0.1) is 0 Å². The van der Waals surface area contributed by atoms with Crippen molar-refractivity contribution in [3.05, 3.63) is 70.5 Å². The molecule has 0 radical (unpaired) electrons. The van der Waals surface area contributed by atoms with Crippen LogP contribution in [0.2, 0.25) is 5.02 Å². The first-order chi connectivity index (χ1) is 15.7. The van der Waals surface area contributed by atoms with E-state index >= 15 is 0 Å². The quantitative estimate of drug-likeness (QED) is 0.559. The summed E-state index contributed by atoms with van der Waals surface area (Å²) >= 11 is 5.67. The normalized spacial score (nSPS) is 15.2. The van der Waals surface area contributed by atoms with E-state index in [1.807, 2.05) is 0 Å².